The van der Waals surface area contributed by atoms with Gasteiger partial charge < -0.3 is 0 Å². The largest absolute Gasteiger partial charge is 0.297 e. The Bertz CT molecular complexity index is 1060. The van der Waals surface area contributed by atoms with Gasteiger partial charge in [-0.05, 0) is 63.1 Å². The number of hydrogen-bond donors (Lipinski definition) is 0. The van der Waals surface area contributed by atoms with Crippen LogP contribution in [0, 0.1) is 18.8 Å². The van der Waals surface area contributed by atoms with Crippen molar-refractivity contribution in [3.63, 3.8) is 0 Å². The molecule has 0 atom stereocenters. The highest BCUT2D eigenvalue weighted by Crippen LogP contribution is 2.34. The van der Waals surface area contributed by atoms with Crippen molar-refractivity contribution < 1.29 is 4.79 Å². The predicted molar refractivity (Wildman–Crippen MR) is 127 cm³/mol. The van der Waals surface area contributed by atoms with Gasteiger partial charge in [0.25, 0.3) is 0 Å². The Morgan fingerprint density at radius 2 is 1.97 bits per heavy atom. The molecule has 1 aliphatic carbocycles. The van der Waals surface area contributed by atoms with E-state index in [2.05, 4.69) is 16.8 Å². The molecule has 1 saturated carbocycles. The van der Waals surface area contributed by atoms with Gasteiger partial charge in [-0.1, -0.05) is 31.0 Å². The molecule has 2 aliphatic rings. The molecule has 0 unspecified atom stereocenters. The molecule has 3 heterocycles. The van der Waals surface area contributed by atoms with Crippen LogP contribution in [0.1, 0.15) is 64.5 Å². The minimum atomic E-state index is 0.282. The summed E-state index contributed by atoms with van der Waals surface area (Å²) >= 11 is 1.87. The fourth-order valence-electron chi connectivity index (χ4n) is 5.38. The number of aromatic nitrogens is 2. The van der Waals surface area contributed by atoms with Gasteiger partial charge in [0.15, 0.2) is 5.78 Å². The molecule has 0 N–H and O–H groups in total. The topological polar surface area (TPSA) is 46.1 Å². The maximum atomic E-state index is 13.0. The normalized spacial score (nSPS) is 21.8. The molecule has 1 aromatic carbocycles. The van der Waals surface area contributed by atoms with Crippen LogP contribution in [0.25, 0.3) is 10.9 Å². The number of aryl methyl sites for hydroxylation is 1. The van der Waals surface area contributed by atoms with Crippen molar-refractivity contribution in [1.29, 1.82) is 0 Å². The highest BCUT2D eigenvalue weighted by atomic mass is 32.1. The first-order chi connectivity index (χ1) is 15.2. The van der Waals surface area contributed by atoms with Gasteiger partial charge in [0.1, 0.15) is 0 Å². The zero-order valence-electron chi connectivity index (χ0n) is 18.3. The number of thiazole rings is 1. The Kier molecular flexibility index (Phi) is 6.15. The van der Waals surface area contributed by atoms with E-state index in [0.717, 1.165) is 28.9 Å². The summed E-state index contributed by atoms with van der Waals surface area (Å²) in [6, 6.07) is 9.84. The molecule has 5 heteroatoms. The maximum absolute atomic E-state index is 13.0. The summed E-state index contributed by atoms with van der Waals surface area (Å²) < 4.78 is 0. The van der Waals surface area contributed by atoms with Crippen LogP contribution < -0.4 is 0 Å². The summed E-state index contributed by atoms with van der Waals surface area (Å²) in [5.41, 5.74) is 3.07. The first-order valence-electron chi connectivity index (χ1n) is 11.7. The average molecular weight is 434 g/mol. The number of nitrogens with zero attached hydrogens (tertiary/aromatic N) is 3. The van der Waals surface area contributed by atoms with Crippen LogP contribution in [0.2, 0.25) is 0 Å². The lowest BCUT2D eigenvalue weighted by Gasteiger charge is -2.31. The van der Waals surface area contributed by atoms with Crippen LogP contribution in [-0.2, 0) is 13.0 Å². The van der Waals surface area contributed by atoms with Crippen molar-refractivity contribution in [2.75, 3.05) is 13.1 Å². The van der Waals surface area contributed by atoms with E-state index in [0.29, 0.717) is 12.3 Å². The van der Waals surface area contributed by atoms with Crippen molar-refractivity contribution in [1.82, 2.24) is 14.9 Å². The third-order valence-electron chi connectivity index (χ3n) is 7.15. The van der Waals surface area contributed by atoms with Crippen molar-refractivity contribution in [3.8, 4) is 0 Å². The summed E-state index contributed by atoms with van der Waals surface area (Å²) in [5, 5.41) is 2.20. The summed E-state index contributed by atoms with van der Waals surface area (Å²) in [6.07, 6.45) is 9.84. The number of Topliss-reactive ketones (excluding diaryl/α,β-unsaturated/α-hetero) is 1. The summed E-state index contributed by atoms with van der Waals surface area (Å²) in [6.45, 7) is 5.52. The molecular formula is C26H31N3OS. The molecule has 0 radical (unpaired) electrons. The van der Waals surface area contributed by atoms with E-state index < -0.39 is 0 Å². The number of rotatable bonds is 6. The lowest BCUT2D eigenvalue weighted by molar-refractivity contribution is 0.0941. The summed E-state index contributed by atoms with van der Waals surface area (Å²) in [4.78, 5) is 26.2. The maximum Gasteiger partial charge on any atom is 0.163 e. The van der Waals surface area contributed by atoms with Crippen molar-refractivity contribution in [2.45, 2.75) is 58.4 Å². The molecule has 0 spiro atoms. The number of hydrogen-bond acceptors (Lipinski definition) is 5. The second-order valence-corrected chi connectivity index (χ2v) is 10.6. The van der Waals surface area contributed by atoms with Gasteiger partial charge >= 0.3 is 0 Å². The van der Waals surface area contributed by atoms with E-state index in [9.17, 15) is 4.79 Å². The molecule has 31 heavy (non-hydrogen) atoms. The molecule has 1 fully saturated rings. The standard InChI is InChI=1S/C26H31N3OS/c1-18-28-24-17-29(15-12-26(24)31-18)14-11-19-7-9-20(10-8-19)16-25(30)22-4-2-6-23-21(22)5-3-13-27-23/h2-6,13,19-20H,7-12,14-17H2,1H3. The van der Waals surface area contributed by atoms with Gasteiger partial charge in [-0.15, -0.1) is 11.3 Å². The Hall–Kier alpha value is -2.11. The van der Waals surface area contributed by atoms with Gasteiger partial charge in [-0.25, -0.2) is 4.98 Å². The number of carbonyl (C=O) groups is 1. The van der Waals surface area contributed by atoms with E-state index in [1.54, 1.807) is 6.20 Å². The molecule has 0 amide bonds. The average Bonchev–Trinajstić information content (AvgIpc) is 3.17. The number of carbonyl (C=O) groups excluding carboxylic acids is 1. The van der Waals surface area contributed by atoms with Gasteiger partial charge in [-0.3, -0.25) is 14.7 Å². The van der Waals surface area contributed by atoms with Crippen molar-refractivity contribution >= 4 is 28.0 Å². The van der Waals surface area contributed by atoms with Crippen LogP contribution in [-0.4, -0.2) is 33.7 Å². The zero-order valence-corrected chi connectivity index (χ0v) is 19.2. The van der Waals surface area contributed by atoms with Crippen LogP contribution in [0.5, 0.6) is 0 Å². The van der Waals surface area contributed by atoms with E-state index in [-0.39, 0.29) is 5.78 Å². The quantitative estimate of drug-likeness (QED) is 0.459. The lowest BCUT2D eigenvalue weighted by Crippen LogP contribution is -2.32. The minimum absolute atomic E-state index is 0.282. The van der Waals surface area contributed by atoms with Gasteiger partial charge in [0.05, 0.1) is 16.2 Å². The Labute approximate surface area is 188 Å². The summed E-state index contributed by atoms with van der Waals surface area (Å²) in [5.74, 6) is 1.63. The molecular weight excluding hydrogens is 402 g/mol. The molecule has 5 rings (SSSR count). The molecule has 4 nitrogen and oxygen atoms in total. The Morgan fingerprint density at radius 1 is 1.13 bits per heavy atom. The van der Waals surface area contributed by atoms with Crippen LogP contribution >= 0.6 is 11.3 Å². The first-order valence-corrected chi connectivity index (χ1v) is 12.5. The number of fused-ring (bicyclic) bond motifs is 2. The number of pyridine rings is 1. The Morgan fingerprint density at radius 3 is 2.84 bits per heavy atom. The summed E-state index contributed by atoms with van der Waals surface area (Å²) in [7, 11) is 0. The van der Waals surface area contributed by atoms with Gasteiger partial charge in [-0.2, -0.15) is 0 Å². The molecule has 0 saturated heterocycles. The van der Waals surface area contributed by atoms with Crippen molar-refractivity contribution in [3.05, 3.63) is 57.7 Å². The van der Waals surface area contributed by atoms with E-state index in [4.69, 9.17) is 4.98 Å². The fraction of sp³-hybridized carbons (Fsp3) is 0.500. The molecule has 2 aromatic heterocycles. The van der Waals surface area contributed by atoms with E-state index in [1.165, 1.54) is 67.2 Å². The van der Waals surface area contributed by atoms with E-state index >= 15 is 0 Å². The molecule has 3 aromatic rings. The van der Waals surface area contributed by atoms with Crippen LogP contribution in [0.4, 0.5) is 0 Å². The van der Waals surface area contributed by atoms with Crippen LogP contribution in [0.15, 0.2) is 36.5 Å². The second-order valence-electron chi connectivity index (χ2n) is 9.31. The van der Waals surface area contributed by atoms with Crippen LogP contribution in [0.3, 0.4) is 0 Å². The minimum Gasteiger partial charge on any atom is -0.297 e. The smallest absolute Gasteiger partial charge is 0.163 e. The first kappa shape index (κ1) is 20.8. The third-order valence-corrected chi connectivity index (χ3v) is 8.23. The van der Waals surface area contributed by atoms with Crippen molar-refractivity contribution in [2.24, 2.45) is 11.8 Å². The SMILES string of the molecule is Cc1nc2c(s1)CCN(CCC1CCC(CC(=O)c3cccc4ncccc34)CC1)C2. The van der Waals surface area contributed by atoms with E-state index in [1.807, 2.05) is 41.7 Å². The molecule has 0 bridgehead atoms. The highest BCUT2D eigenvalue weighted by Gasteiger charge is 2.25. The number of benzene rings is 1. The molecule has 162 valence electrons. The van der Waals surface area contributed by atoms with Gasteiger partial charge in [0.2, 0.25) is 0 Å². The monoisotopic (exact) mass is 433 g/mol. The highest BCUT2D eigenvalue weighted by molar-refractivity contribution is 7.11. The number of ketones is 1. The molecule has 1 aliphatic heterocycles. The fourth-order valence-corrected chi connectivity index (χ4v) is 6.31. The second kappa shape index (κ2) is 9.17. The Balaban J connectivity index is 1.10. The zero-order chi connectivity index (χ0) is 21.2. The van der Waals surface area contributed by atoms with Gasteiger partial charge in [0, 0.05) is 41.5 Å². The lowest BCUT2D eigenvalue weighted by atomic mass is 9.78. The third kappa shape index (κ3) is 4.73. The predicted octanol–water partition coefficient (Wildman–Crippen LogP) is 5.83.